The van der Waals surface area contributed by atoms with Crippen molar-refractivity contribution < 1.29 is 9.13 Å². The molecule has 1 N–H and O–H groups in total. The average molecular weight is 330 g/mol. The third-order valence-corrected chi connectivity index (χ3v) is 4.85. The highest BCUT2D eigenvalue weighted by Gasteiger charge is 2.32. The second kappa shape index (κ2) is 6.32. The summed E-state index contributed by atoms with van der Waals surface area (Å²) in [6.45, 7) is 1.98. The van der Waals surface area contributed by atoms with Gasteiger partial charge in [-0.25, -0.2) is 9.37 Å². The number of ether oxygens (including phenoxy) is 1. The second-order valence-electron chi connectivity index (χ2n) is 6.36. The third-order valence-electron chi connectivity index (χ3n) is 4.85. The van der Waals surface area contributed by atoms with Gasteiger partial charge in [0.15, 0.2) is 5.82 Å². The van der Waals surface area contributed by atoms with E-state index in [0.29, 0.717) is 37.3 Å². The molecule has 2 fully saturated rings. The van der Waals surface area contributed by atoms with Crippen molar-refractivity contribution in [3.63, 3.8) is 0 Å². The Balaban J connectivity index is 1.63. The lowest BCUT2D eigenvalue weighted by Crippen LogP contribution is -2.48. The van der Waals surface area contributed by atoms with Crippen molar-refractivity contribution in [2.75, 3.05) is 24.6 Å². The predicted molar refractivity (Wildman–Crippen MR) is 87.3 cm³/mol. The largest absolute Gasteiger partial charge is 0.374 e. The van der Waals surface area contributed by atoms with E-state index in [0.717, 1.165) is 6.20 Å². The summed E-state index contributed by atoms with van der Waals surface area (Å²) in [6, 6.07) is 2.84. The van der Waals surface area contributed by atoms with Crippen LogP contribution < -0.4 is 10.5 Å². The zero-order valence-corrected chi connectivity index (χ0v) is 13.2. The summed E-state index contributed by atoms with van der Waals surface area (Å²) in [5.74, 6) is 0.581. The van der Waals surface area contributed by atoms with Crippen molar-refractivity contribution in [1.82, 2.24) is 15.0 Å². The van der Waals surface area contributed by atoms with E-state index < -0.39 is 5.82 Å². The van der Waals surface area contributed by atoms with Crippen molar-refractivity contribution in [3.05, 3.63) is 40.7 Å². The molecular weight excluding hydrogens is 311 g/mol. The van der Waals surface area contributed by atoms with Crippen molar-refractivity contribution in [2.45, 2.75) is 25.4 Å². The minimum Gasteiger partial charge on any atom is -0.374 e. The summed E-state index contributed by atoms with van der Waals surface area (Å²) in [5.41, 5.74) is 0.305. The van der Waals surface area contributed by atoms with E-state index in [1.165, 1.54) is 37.6 Å². The van der Waals surface area contributed by atoms with Crippen LogP contribution in [0.3, 0.4) is 0 Å². The molecule has 3 heterocycles. The molecule has 24 heavy (non-hydrogen) atoms. The number of halogens is 1. The maximum absolute atomic E-state index is 14.0. The van der Waals surface area contributed by atoms with Gasteiger partial charge in [0.1, 0.15) is 0 Å². The molecule has 0 bridgehead atoms. The van der Waals surface area contributed by atoms with Crippen LogP contribution in [0.2, 0.25) is 0 Å². The van der Waals surface area contributed by atoms with Crippen LogP contribution in [0.4, 0.5) is 10.3 Å². The van der Waals surface area contributed by atoms with Gasteiger partial charge < -0.3 is 9.64 Å². The minimum absolute atomic E-state index is 0.180. The van der Waals surface area contributed by atoms with E-state index in [4.69, 9.17) is 4.74 Å². The molecule has 0 amide bonds. The fraction of sp³-hybridized carbons (Fsp3) is 0.471. The highest BCUT2D eigenvalue weighted by Crippen LogP contribution is 2.33. The predicted octanol–water partition coefficient (Wildman–Crippen LogP) is 1.98. The van der Waals surface area contributed by atoms with Crippen LogP contribution >= 0.6 is 0 Å². The fourth-order valence-corrected chi connectivity index (χ4v) is 3.28. The summed E-state index contributed by atoms with van der Waals surface area (Å²) in [4.78, 5) is 25.0. The van der Waals surface area contributed by atoms with Crippen molar-refractivity contribution in [2.24, 2.45) is 5.92 Å². The van der Waals surface area contributed by atoms with Gasteiger partial charge in [-0.2, -0.15) is 0 Å². The van der Waals surface area contributed by atoms with Crippen molar-refractivity contribution in [3.8, 4) is 11.3 Å². The van der Waals surface area contributed by atoms with Gasteiger partial charge in [-0.15, -0.1) is 0 Å². The molecule has 0 radical (unpaired) electrons. The Bertz CT molecular complexity index is 790. The first kappa shape index (κ1) is 15.3. The Hall–Kier alpha value is -2.28. The molecular formula is C17H19FN4O2. The fourth-order valence-electron chi connectivity index (χ4n) is 3.28. The zero-order chi connectivity index (χ0) is 16.5. The molecule has 7 heteroatoms. The Morgan fingerprint density at radius 2 is 2.25 bits per heavy atom. The Morgan fingerprint density at radius 3 is 3.00 bits per heavy atom. The van der Waals surface area contributed by atoms with E-state index in [2.05, 4.69) is 15.0 Å². The number of hydrogen-bond donors (Lipinski definition) is 1. The molecule has 2 aromatic heterocycles. The molecule has 126 valence electrons. The van der Waals surface area contributed by atoms with Gasteiger partial charge in [-0.1, -0.05) is 6.42 Å². The van der Waals surface area contributed by atoms with Gasteiger partial charge in [0.2, 0.25) is 5.95 Å². The van der Waals surface area contributed by atoms with E-state index in [1.807, 2.05) is 4.90 Å². The summed E-state index contributed by atoms with van der Waals surface area (Å²) >= 11 is 0. The second-order valence-corrected chi connectivity index (χ2v) is 6.36. The molecule has 0 aromatic carbocycles. The van der Waals surface area contributed by atoms with Crippen LogP contribution in [0.15, 0.2) is 29.3 Å². The number of nitrogens with zero attached hydrogens (tertiary/aromatic N) is 3. The SMILES string of the molecule is O=c1cc(-c2ccncc2F)nc(N2CCOC(C3CCC3)C2)[nH]1. The lowest BCUT2D eigenvalue weighted by Gasteiger charge is -2.40. The van der Waals surface area contributed by atoms with Gasteiger partial charge in [-0.3, -0.25) is 14.8 Å². The first-order chi connectivity index (χ1) is 11.7. The number of pyridine rings is 1. The molecule has 4 rings (SSSR count). The quantitative estimate of drug-likeness (QED) is 0.932. The summed E-state index contributed by atoms with van der Waals surface area (Å²) in [5, 5.41) is 0. The topological polar surface area (TPSA) is 71.1 Å². The summed E-state index contributed by atoms with van der Waals surface area (Å²) < 4.78 is 19.8. The molecule has 6 nitrogen and oxygen atoms in total. The number of hydrogen-bond acceptors (Lipinski definition) is 5. The van der Waals surface area contributed by atoms with Crippen LogP contribution in [0.1, 0.15) is 19.3 Å². The molecule has 1 aliphatic carbocycles. The molecule has 1 unspecified atom stereocenters. The number of anilines is 1. The molecule has 1 saturated carbocycles. The molecule has 1 atom stereocenters. The molecule has 2 aromatic rings. The van der Waals surface area contributed by atoms with E-state index >= 15 is 0 Å². The first-order valence-corrected chi connectivity index (χ1v) is 8.28. The van der Waals surface area contributed by atoms with Gasteiger partial charge in [-0.05, 0) is 24.8 Å². The minimum atomic E-state index is -0.490. The monoisotopic (exact) mass is 330 g/mol. The number of H-pyrrole nitrogens is 1. The number of nitrogens with one attached hydrogen (secondary N) is 1. The standard InChI is InChI=1S/C17H19FN4O2/c18-13-9-19-5-4-12(13)14-8-16(23)21-17(20-14)22-6-7-24-15(10-22)11-2-1-3-11/h4-5,8-9,11,15H,1-3,6-7,10H2,(H,20,21,23). The van der Waals surface area contributed by atoms with Crippen molar-refractivity contribution in [1.29, 1.82) is 0 Å². The normalized spacial score (nSPS) is 21.5. The van der Waals surface area contributed by atoms with E-state index in [1.54, 1.807) is 0 Å². The highest BCUT2D eigenvalue weighted by atomic mass is 19.1. The highest BCUT2D eigenvalue weighted by molar-refractivity contribution is 5.60. The first-order valence-electron chi connectivity index (χ1n) is 8.28. The lowest BCUT2D eigenvalue weighted by molar-refractivity contribution is -0.0227. The number of aromatic amines is 1. The zero-order valence-electron chi connectivity index (χ0n) is 13.2. The smallest absolute Gasteiger partial charge is 0.252 e. The van der Waals surface area contributed by atoms with E-state index in [9.17, 15) is 9.18 Å². The summed E-state index contributed by atoms with van der Waals surface area (Å²) in [6.07, 6.45) is 6.45. The maximum Gasteiger partial charge on any atom is 0.252 e. The van der Waals surface area contributed by atoms with Crippen LogP contribution in [0.25, 0.3) is 11.3 Å². The molecule has 1 aliphatic heterocycles. The molecule has 0 spiro atoms. The maximum atomic E-state index is 14.0. The van der Waals surface area contributed by atoms with Gasteiger partial charge in [0.05, 0.1) is 24.6 Å². The summed E-state index contributed by atoms with van der Waals surface area (Å²) in [7, 11) is 0. The van der Waals surface area contributed by atoms with Gasteiger partial charge in [0, 0.05) is 30.9 Å². The van der Waals surface area contributed by atoms with Crippen LogP contribution in [-0.4, -0.2) is 40.8 Å². The Morgan fingerprint density at radius 1 is 1.38 bits per heavy atom. The Labute approximate surface area is 138 Å². The van der Waals surface area contributed by atoms with Crippen LogP contribution in [-0.2, 0) is 4.74 Å². The third kappa shape index (κ3) is 2.91. The van der Waals surface area contributed by atoms with E-state index in [-0.39, 0.29) is 17.2 Å². The van der Waals surface area contributed by atoms with Crippen LogP contribution in [0.5, 0.6) is 0 Å². The molecule has 1 saturated heterocycles. The van der Waals surface area contributed by atoms with Crippen LogP contribution in [0, 0.1) is 11.7 Å². The average Bonchev–Trinajstić information content (AvgIpc) is 2.53. The number of morpholine rings is 1. The lowest BCUT2D eigenvalue weighted by atomic mass is 9.80. The number of rotatable bonds is 3. The molecule has 2 aliphatic rings. The Kier molecular flexibility index (Phi) is 4.02. The number of aromatic nitrogens is 3. The van der Waals surface area contributed by atoms with Gasteiger partial charge in [0.25, 0.3) is 5.56 Å². The van der Waals surface area contributed by atoms with Gasteiger partial charge >= 0.3 is 0 Å². The van der Waals surface area contributed by atoms with Crippen molar-refractivity contribution >= 4 is 5.95 Å².